The maximum Gasteiger partial charge on any atom is 0.108 e. The third-order valence-corrected chi connectivity index (χ3v) is 3.53. The fraction of sp³-hybridized carbons (Fsp3) is 0.769. The fourth-order valence-electron chi connectivity index (χ4n) is 2.33. The molecule has 2 N–H and O–H groups in total. The van der Waals surface area contributed by atoms with E-state index in [9.17, 15) is 0 Å². The standard InChI is InChI=1S/C13H21N3O/c1-2-6-17-12(3-1)7-13-15-9-11(16-13)8-14-10-4-5-10/h9-10,12,14H,1-8H2,(H,15,16). The van der Waals surface area contributed by atoms with Gasteiger partial charge in [0.1, 0.15) is 5.82 Å². The number of rotatable bonds is 5. The van der Waals surface area contributed by atoms with Crippen LogP contribution in [0.1, 0.15) is 43.6 Å². The van der Waals surface area contributed by atoms with E-state index in [1.54, 1.807) is 0 Å². The molecule has 4 nitrogen and oxygen atoms in total. The van der Waals surface area contributed by atoms with Crippen LogP contribution in [0.25, 0.3) is 0 Å². The summed E-state index contributed by atoms with van der Waals surface area (Å²) in [5.41, 5.74) is 1.20. The Morgan fingerprint density at radius 2 is 2.29 bits per heavy atom. The highest BCUT2D eigenvalue weighted by Gasteiger charge is 2.20. The van der Waals surface area contributed by atoms with E-state index in [-0.39, 0.29) is 0 Å². The van der Waals surface area contributed by atoms with E-state index in [1.807, 2.05) is 6.20 Å². The average Bonchev–Trinajstić information content (AvgIpc) is 3.09. The molecule has 0 spiro atoms. The van der Waals surface area contributed by atoms with Crippen LogP contribution in [0.4, 0.5) is 0 Å². The lowest BCUT2D eigenvalue weighted by Crippen LogP contribution is -2.22. The lowest BCUT2D eigenvalue weighted by molar-refractivity contribution is 0.0157. The van der Waals surface area contributed by atoms with Gasteiger partial charge in [-0.25, -0.2) is 4.98 Å². The van der Waals surface area contributed by atoms with Crippen molar-refractivity contribution in [3.63, 3.8) is 0 Å². The Morgan fingerprint density at radius 3 is 3.06 bits per heavy atom. The molecule has 1 saturated carbocycles. The second kappa shape index (κ2) is 5.19. The molecule has 1 aromatic heterocycles. The molecule has 94 valence electrons. The number of aromatic nitrogens is 2. The molecular formula is C13H21N3O. The largest absolute Gasteiger partial charge is 0.378 e. The topological polar surface area (TPSA) is 49.9 Å². The lowest BCUT2D eigenvalue weighted by Gasteiger charge is -2.21. The summed E-state index contributed by atoms with van der Waals surface area (Å²) in [6, 6.07) is 0.753. The summed E-state index contributed by atoms with van der Waals surface area (Å²) in [5, 5.41) is 3.49. The van der Waals surface area contributed by atoms with Gasteiger partial charge < -0.3 is 15.0 Å². The minimum Gasteiger partial charge on any atom is -0.378 e. The van der Waals surface area contributed by atoms with Crippen molar-refractivity contribution in [1.82, 2.24) is 15.3 Å². The molecule has 1 aliphatic heterocycles. The van der Waals surface area contributed by atoms with Crippen molar-refractivity contribution < 1.29 is 4.74 Å². The van der Waals surface area contributed by atoms with E-state index in [0.717, 1.165) is 31.4 Å². The molecule has 4 heteroatoms. The molecule has 1 saturated heterocycles. The van der Waals surface area contributed by atoms with Crippen LogP contribution in [0.3, 0.4) is 0 Å². The van der Waals surface area contributed by atoms with Crippen LogP contribution in [0.2, 0.25) is 0 Å². The molecule has 0 amide bonds. The van der Waals surface area contributed by atoms with Crippen LogP contribution in [-0.4, -0.2) is 28.7 Å². The Labute approximate surface area is 102 Å². The van der Waals surface area contributed by atoms with Gasteiger partial charge in [0.15, 0.2) is 0 Å². The molecule has 0 radical (unpaired) electrons. The van der Waals surface area contributed by atoms with Crippen molar-refractivity contribution in [3.8, 4) is 0 Å². The summed E-state index contributed by atoms with van der Waals surface area (Å²) in [6.45, 7) is 1.84. The molecule has 0 bridgehead atoms. The van der Waals surface area contributed by atoms with Gasteiger partial charge in [0.25, 0.3) is 0 Å². The van der Waals surface area contributed by atoms with E-state index in [2.05, 4.69) is 15.3 Å². The minimum absolute atomic E-state index is 0.374. The first-order valence-electron chi connectivity index (χ1n) is 6.78. The summed E-state index contributed by atoms with van der Waals surface area (Å²) in [4.78, 5) is 7.82. The second-order valence-corrected chi connectivity index (χ2v) is 5.20. The highest BCUT2D eigenvalue weighted by atomic mass is 16.5. The van der Waals surface area contributed by atoms with Gasteiger partial charge in [-0.3, -0.25) is 0 Å². The zero-order valence-electron chi connectivity index (χ0n) is 10.2. The Kier molecular flexibility index (Phi) is 3.43. The normalized spacial score (nSPS) is 25.1. The number of aromatic amines is 1. The van der Waals surface area contributed by atoms with Crippen molar-refractivity contribution >= 4 is 0 Å². The first-order chi connectivity index (χ1) is 8.40. The Hall–Kier alpha value is -0.870. The first kappa shape index (κ1) is 11.2. The van der Waals surface area contributed by atoms with Crippen LogP contribution in [0, 0.1) is 0 Å². The Bertz CT molecular complexity index is 353. The fourth-order valence-corrected chi connectivity index (χ4v) is 2.33. The summed E-state index contributed by atoms with van der Waals surface area (Å²) in [7, 11) is 0. The van der Waals surface area contributed by atoms with Gasteiger partial charge in [0, 0.05) is 37.5 Å². The van der Waals surface area contributed by atoms with E-state index in [4.69, 9.17) is 4.74 Å². The minimum atomic E-state index is 0.374. The molecule has 1 aromatic rings. The van der Waals surface area contributed by atoms with Gasteiger partial charge in [0.05, 0.1) is 6.10 Å². The van der Waals surface area contributed by atoms with Crippen molar-refractivity contribution in [1.29, 1.82) is 0 Å². The van der Waals surface area contributed by atoms with Gasteiger partial charge in [-0.1, -0.05) is 0 Å². The molecule has 1 aliphatic carbocycles. The van der Waals surface area contributed by atoms with Gasteiger partial charge in [0.2, 0.25) is 0 Å². The van der Waals surface area contributed by atoms with Crippen LogP contribution in [0.5, 0.6) is 0 Å². The zero-order valence-corrected chi connectivity index (χ0v) is 10.2. The van der Waals surface area contributed by atoms with E-state index < -0.39 is 0 Å². The van der Waals surface area contributed by atoms with Gasteiger partial charge in [-0.05, 0) is 32.1 Å². The van der Waals surface area contributed by atoms with Crippen molar-refractivity contribution in [2.75, 3.05) is 6.61 Å². The average molecular weight is 235 g/mol. The van der Waals surface area contributed by atoms with Crippen molar-refractivity contribution in [2.24, 2.45) is 0 Å². The monoisotopic (exact) mass is 235 g/mol. The summed E-state index contributed by atoms with van der Waals surface area (Å²) in [6.07, 6.45) is 9.60. The van der Waals surface area contributed by atoms with E-state index >= 15 is 0 Å². The van der Waals surface area contributed by atoms with Crippen LogP contribution in [-0.2, 0) is 17.7 Å². The lowest BCUT2D eigenvalue weighted by atomic mass is 10.1. The van der Waals surface area contributed by atoms with Crippen LogP contribution >= 0.6 is 0 Å². The van der Waals surface area contributed by atoms with Crippen molar-refractivity contribution in [3.05, 3.63) is 17.7 Å². The molecule has 17 heavy (non-hydrogen) atoms. The number of H-pyrrole nitrogens is 1. The second-order valence-electron chi connectivity index (χ2n) is 5.20. The van der Waals surface area contributed by atoms with Gasteiger partial charge in [-0.2, -0.15) is 0 Å². The SMILES string of the molecule is c1nc(CC2CCCCO2)[nH]c1CNC1CC1. The molecule has 2 heterocycles. The highest BCUT2D eigenvalue weighted by molar-refractivity contribution is 5.03. The van der Waals surface area contributed by atoms with Gasteiger partial charge in [-0.15, -0.1) is 0 Å². The Balaban J connectivity index is 1.48. The van der Waals surface area contributed by atoms with Gasteiger partial charge >= 0.3 is 0 Å². The first-order valence-corrected chi connectivity index (χ1v) is 6.78. The number of hydrogen-bond donors (Lipinski definition) is 2. The third-order valence-electron chi connectivity index (χ3n) is 3.53. The number of hydrogen-bond acceptors (Lipinski definition) is 3. The summed E-state index contributed by atoms with van der Waals surface area (Å²) in [5.74, 6) is 1.07. The number of nitrogens with one attached hydrogen (secondary N) is 2. The maximum absolute atomic E-state index is 5.72. The molecule has 2 fully saturated rings. The number of ether oxygens (including phenoxy) is 1. The summed E-state index contributed by atoms with van der Waals surface area (Å²) >= 11 is 0. The Morgan fingerprint density at radius 1 is 1.35 bits per heavy atom. The van der Waals surface area contributed by atoms with Crippen molar-refractivity contribution in [2.45, 2.75) is 57.2 Å². The quantitative estimate of drug-likeness (QED) is 0.818. The number of imidazole rings is 1. The molecule has 1 unspecified atom stereocenters. The molecule has 2 aliphatic rings. The van der Waals surface area contributed by atoms with Crippen LogP contribution in [0.15, 0.2) is 6.20 Å². The smallest absolute Gasteiger partial charge is 0.108 e. The van der Waals surface area contributed by atoms with E-state index in [0.29, 0.717) is 6.10 Å². The molecule has 3 rings (SSSR count). The molecule has 1 atom stereocenters. The predicted molar refractivity (Wildman–Crippen MR) is 65.7 cm³/mol. The summed E-state index contributed by atoms with van der Waals surface area (Å²) < 4.78 is 5.72. The van der Waals surface area contributed by atoms with E-state index in [1.165, 1.54) is 37.8 Å². The highest BCUT2D eigenvalue weighted by Crippen LogP contribution is 2.19. The molecular weight excluding hydrogens is 214 g/mol. The predicted octanol–water partition coefficient (Wildman–Crippen LogP) is 1.77. The number of nitrogens with zero attached hydrogens (tertiary/aromatic N) is 1. The maximum atomic E-state index is 5.72. The zero-order chi connectivity index (χ0) is 11.5. The van der Waals surface area contributed by atoms with Crippen LogP contribution < -0.4 is 5.32 Å². The molecule has 0 aromatic carbocycles. The third kappa shape index (κ3) is 3.30.